The maximum absolute atomic E-state index is 12.7. The molecule has 2 aliphatic rings. The third-order valence-electron chi connectivity index (χ3n) is 7.03. The maximum Gasteiger partial charge on any atom is 0.317 e. The summed E-state index contributed by atoms with van der Waals surface area (Å²) in [5.74, 6) is 0.481. The van der Waals surface area contributed by atoms with Gasteiger partial charge in [0.2, 0.25) is 0 Å². The predicted molar refractivity (Wildman–Crippen MR) is 120 cm³/mol. The van der Waals surface area contributed by atoms with Crippen molar-refractivity contribution in [3.05, 3.63) is 35.0 Å². The number of aryl methyl sites for hydroxylation is 1. The average molecular weight is 397 g/mol. The first-order valence-corrected chi connectivity index (χ1v) is 11.5. The smallest absolute Gasteiger partial charge is 0.317 e. The SMILES string of the molecule is CCCN1C[C@@H](NC(=O)N(CC)CC)C[C@@H]2c3cccc4[nH]c(CC)c(c34)C[C@H]21. The first-order valence-electron chi connectivity index (χ1n) is 11.5. The van der Waals surface area contributed by atoms with Crippen LogP contribution in [0.4, 0.5) is 4.79 Å². The Kier molecular flexibility index (Phi) is 5.86. The van der Waals surface area contributed by atoms with Crippen molar-refractivity contribution in [2.75, 3.05) is 26.2 Å². The molecular weight excluding hydrogens is 360 g/mol. The van der Waals surface area contributed by atoms with Gasteiger partial charge in [0.05, 0.1) is 0 Å². The van der Waals surface area contributed by atoms with E-state index in [0.717, 1.165) is 51.9 Å². The Balaban J connectivity index is 1.67. The van der Waals surface area contributed by atoms with Gasteiger partial charge in [-0.1, -0.05) is 26.0 Å². The van der Waals surface area contributed by atoms with Gasteiger partial charge >= 0.3 is 6.03 Å². The molecular formula is C24H36N4O. The van der Waals surface area contributed by atoms with Gasteiger partial charge in [0.1, 0.15) is 0 Å². The number of nitrogens with one attached hydrogen (secondary N) is 2. The first-order chi connectivity index (χ1) is 14.1. The molecule has 0 spiro atoms. The van der Waals surface area contributed by atoms with Gasteiger partial charge < -0.3 is 15.2 Å². The number of rotatable bonds is 6. The minimum Gasteiger partial charge on any atom is -0.358 e. The number of hydrogen-bond acceptors (Lipinski definition) is 2. The number of piperidine rings is 1. The van der Waals surface area contributed by atoms with Crippen LogP contribution in [-0.2, 0) is 12.8 Å². The van der Waals surface area contributed by atoms with E-state index in [-0.39, 0.29) is 12.1 Å². The Hall–Kier alpha value is -2.01. The normalized spacial score (nSPS) is 23.8. The van der Waals surface area contributed by atoms with Crippen molar-refractivity contribution >= 4 is 16.9 Å². The zero-order valence-electron chi connectivity index (χ0n) is 18.4. The molecule has 1 aromatic heterocycles. The topological polar surface area (TPSA) is 51.4 Å². The van der Waals surface area contributed by atoms with Crippen LogP contribution in [-0.4, -0.2) is 59.1 Å². The number of fused-ring (bicyclic) bond motifs is 2. The molecule has 1 fully saturated rings. The van der Waals surface area contributed by atoms with Gasteiger partial charge in [0.25, 0.3) is 0 Å². The number of H-pyrrole nitrogens is 1. The molecule has 5 heteroatoms. The average Bonchev–Trinajstić information content (AvgIpc) is 3.09. The fourth-order valence-electron chi connectivity index (χ4n) is 5.69. The number of carbonyl (C=O) groups excluding carboxylic acids is 1. The van der Waals surface area contributed by atoms with E-state index in [4.69, 9.17) is 0 Å². The number of likely N-dealkylation sites (tertiary alicyclic amines) is 1. The molecule has 2 aromatic rings. The molecule has 1 aliphatic carbocycles. The number of urea groups is 1. The molecule has 29 heavy (non-hydrogen) atoms. The second-order valence-electron chi connectivity index (χ2n) is 8.63. The van der Waals surface area contributed by atoms with Gasteiger partial charge in [-0.25, -0.2) is 4.79 Å². The van der Waals surface area contributed by atoms with E-state index in [1.807, 2.05) is 18.7 Å². The Morgan fingerprint density at radius 3 is 2.72 bits per heavy atom. The molecule has 0 bridgehead atoms. The van der Waals surface area contributed by atoms with E-state index in [0.29, 0.717) is 12.0 Å². The van der Waals surface area contributed by atoms with Crippen LogP contribution >= 0.6 is 0 Å². The highest BCUT2D eigenvalue weighted by molar-refractivity contribution is 5.89. The highest BCUT2D eigenvalue weighted by Gasteiger charge is 2.41. The number of carbonyl (C=O) groups is 1. The zero-order valence-corrected chi connectivity index (χ0v) is 18.4. The van der Waals surface area contributed by atoms with Crippen LogP contribution in [0.15, 0.2) is 18.2 Å². The molecule has 1 saturated heterocycles. The first kappa shape index (κ1) is 20.3. The van der Waals surface area contributed by atoms with Gasteiger partial charge in [-0.2, -0.15) is 0 Å². The summed E-state index contributed by atoms with van der Waals surface area (Å²) in [4.78, 5) is 20.9. The summed E-state index contributed by atoms with van der Waals surface area (Å²) in [6.07, 6.45) is 4.35. The molecule has 1 aliphatic heterocycles. The van der Waals surface area contributed by atoms with Crippen molar-refractivity contribution in [3.63, 3.8) is 0 Å². The summed E-state index contributed by atoms with van der Waals surface area (Å²) in [5.41, 5.74) is 5.70. The summed E-state index contributed by atoms with van der Waals surface area (Å²) < 4.78 is 0. The van der Waals surface area contributed by atoms with Crippen LogP contribution in [0.1, 0.15) is 63.3 Å². The van der Waals surface area contributed by atoms with Gasteiger partial charge in [-0.3, -0.25) is 4.90 Å². The van der Waals surface area contributed by atoms with E-state index in [1.165, 1.54) is 27.7 Å². The Morgan fingerprint density at radius 1 is 1.24 bits per heavy atom. The Morgan fingerprint density at radius 2 is 2.03 bits per heavy atom. The van der Waals surface area contributed by atoms with Gasteiger partial charge in [0, 0.05) is 54.2 Å². The lowest BCUT2D eigenvalue weighted by molar-refractivity contribution is 0.0978. The van der Waals surface area contributed by atoms with Crippen LogP contribution in [0.5, 0.6) is 0 Å². The molecule has 5 nitrogen and oxygen atoms in total. The molecule has 2 heterocycles. The second-order valence-corrected chi connectivity index (χ2v) is 8.63. The third kappa shape index (κ3) is 3.54. The number of aromatic nitrogens is 1. The van der Waals surface area contributed by atoms with E-state index in [9.17, 15) is 4.79 Å². The monoisotopic (exact) mass is 396 g/mol. The van der Waals surface area contributed by atoms with Gasteiger partial charge in [-0.05, 0) is 63.3 Å². The molecule has 0 radical (unpaired) electrons. The van der Waals surface area contributed by atoms with Gasteiger partial charge in [-0.15, -0.1) is 0 Å². The van der Waals surface area contributed by atoms with Crippen LogP contribution in [0, 0.1) is 0 Å². The van der Waals surface area contributed by atoms with E-state index in [2.05, 4.69) is 47.2 Å². The van der Waals surface area contributed by atoms with E-state index in [1.54, 1.807) is 0 Å². The highest BCUT2D eigenvalue weighted by atomic mass is 16.2. The predicted octanol–water partition coefficient (Wildman–Crippen LogP) is 4.27. The largest absolute Gasteiger partial charge is 0.358 e. The number of benzene rings is 1. The Labute approximate surface area is 174 Å². The zero-order chi connectivity index (χ0) is 20.5. The standard InChI is InChI=1S/C24H36N4O/c1-5-12-28-15-16(25-24(29)27(7-3)8-4)13-18-17-10-9-11-21-23(17)19(14-22(18)28)20(6-2)26-21/h9-11,16,18,22,26H,5-8,12-15H2,1-4H3,(H,25,29)/t16-,18+,22+/m0/s1. The number of amides is 2. The van der Waals surface area contributed by atoms with Crippen molar-refractivity contribution in [1.82, 2.24) is 20.1 Å². The van der Waals surface area contributed by atoms with E-state index < -0.39 is 0 Å². The lowest BCUT2D eigenvalue weighted by Gasteiger charge is -2.47. The molecule has 0 unspecified atom stereocenters. The lowest BCUT2D eigenvalue weighted by Crippen LogP contribution is -2.57. The van der Waals surface area contributed by atoms with Gasteiger partial charge in [0.15, 0.2) is 0 Å². The van der Waals surface area contributed by atoms with E-state index >= 15 is 0 Å². The number of hydrogen-bond donors (Lipinski definition) is 2. The minimum atomic E-state index is 0.0829. The number of aromatic amines is 1. The quantitative estimate of drug-likeness (QED) is 0.766. The van der Waals surface area contributed by atoms with Crippen molar-refractivity contribution in [1.29, 1.82) is 0 Å². The van der Waals surface area contributed by atoms with Crippen molar-refractivity contribution in [2.45, 2.75) is 71.4 Å². The Bertz CT molecular complexity index is 869. The summed E-state index contributed by atoms with van der Waals surface area (Å²) in [7, 11) is 0. The second kappa shape index (κ2) is 8.39. The molecule has 4 rings (SSSR count). The van der Waals surface area contributed by atoms with Crippen molar-refractivity contribution in [2.24, 2.45) is 0 Å². The lowest BCUT2D eigenvalue weighted by atomic mass is 9.73. The van der Waals surface area contributed by atoms with Crippen LogP contribution in [0.2, 0.25) is 0 Å². The molecule has 0 saturated carbocycles. The summed E-state index contributed by atoms with van der Waals surface area (Å²) >= 11 is 0. The van der Waals surface area contributed by atoms with Crippen LogP contribution in [0.3, 0.4) is 0 Å². The number of nitrogens with zero attached hydrogens (tertiary/aromatic N) is 2. The molecule has 158 valence electrons. The molecule has 3 atom stereocenters. The minimum absolute atomic E-state index is 0.0829. The maximum atomic E-state index is 12.7. The van der Waals surface area contributed by atoms with Crippen molar-refractivity contribution in [3.8, 4) is 0 Å². The molecule has 1 aromatic carbocycles. The summed E-state index contributed by atoms with van der Waals surface area (Å²) in [6.45, 7) is 12.2. The highest BCUT2D eigenvalue weighted by Crippen LogP contribution is 2.44. The molecule has 2 N–H and O–H groups in total. The fourth-order valence-corrected chi connectivity index (χ4v) is 5.69. The van der Waals surface area contributed by atoms with Crippen molar-refractivity contribution < 1.29 is 4.79 Å². The fraction of sp³-hybridized carbons (Fsp3) is 0.625. The third-order valence-corrected chi connectivity index (χ3v) is 7.03. The summed E-state index contributed by atoms with van der Waals surface area (Å²) in [6, 6.07) is 7.57. The van der Waals surface area contributed by atoms with Crippen LogP contribution in [0.25, 0.3) is 10.9 Å². The summed E-state index contributed by atoms with van der Waals surface area (Å²) in [5, 5.41) is 4.81. The molecule has 2 amide bonds. The van der Waals surface area contributed by atoms with Crippen LogP contribution < -0.4 is 5.32 Å².